The lowest BCUT2D eigenvalue weighted by atomic mass is 9.97. The molecule has 3 nitrogen and oxygen atoms in total. The summed E-state index contributed by atoms with van der Waals surface area (Å²) in [6.45, 7) is 2.38. The van der Waals surface area contributed by atoms with Crippen LogP contribution in [-0.2, 0) is 0 Å². The predicted octanol–water partition coefficient (Wildman–Crippen LogP) is 1.77. The average molecular weight is 202 g/mol. The topological polar surface area (TPSA) is 25.4 Å². The molecule has 2 aliphatic rings. The molecule has 3 rings (SSSR count). The van der Waals surface area contributed by atoms with E-state index in [2.05, 4.69) is 22.2 Å². The highest BCUT2D eigenvalue weighted by Gasteiger charge is 2.31. The molecular formula is C12H14N2O. The van der Waals surface area contributed by atoms with Gasteiger partial charge in [-0.05, 0) is 18.1 Å². The van der Waals surface area contributed by atoms with Crippen LogP contribution < -0.4 is 4.74 Å². The van der Waals surface area contributed by atoms with E-state index in [1.54, 1.807) is 7.11 Å². The fraction of sp³-hybridized carbons (Fsp3) is 0.417. The van der Waals surface area contributed by atoms with Gasteiger partial charge in [-0.3, -0.25) is 0 Å². The number of pyridine rings is 1. The highest BCUT2D eigenvalue weighted by Crippen LogP contribution is 2.37. The molecule has 1 aromatic rings. The normalized spacial score (nSPS) is 23.1. The number of aromatic nitrogens is 1. The van der Waals surface area contributed by atoms with Crippen LogP contribution in [0.2, 0.25) is 0 Å². The summed E-state index contributed by atoms with van der Waals surface area (Å²) in [7, 11) is 1.66. The number of hydrogen-bond acceptors (Lipinski definition) is 3. The average Bonchev–Trinajstić information content (AvgIpc) is 2.91. The van der Waals surface area contributed by atoms with Crippen molar-refractivity contribution in [2.75, 3.05) is 20.2 Å². The van der Waals surface area contributed by atoms with Crippen LogP contribution in [0.4, 0.5) is 0 Å². The standard InChI is InChI=1S/C12H14N2O/c1-15-12-4-2-3-11(13-12)10-8-14-6-5-9(10)7-14/h2-4,8-9H,5-7H2,1H3. The SMILES string of the molecule is COc1cccc(C2=CN3CCC2C3)n1. The van der Waals surface area contributed by atoms with Crippen molar-refractivity contribution in [2.24, 2.45) is 5.92 Å². The Balaban J connectivity index is 1.96. The lowest BCUT2D eigenvalue weighted by Gasteiger charge is -2.13. The maximum absolute atomic E-state index is 5.14. The molecule has 1 fully saturated rings. The second-order valence-electron chi connectivity index (χ2n) is 4.13. The highest BCUT2D eigenvalue weighted by molar-refractivity contribution is 5.67. The van der Waals surface area contributed by atoms with E-state index in [0.29, 0.717) is 11.8 Å². The number of rotatable bonds is 2. The third-order valence-corrected chi connectivity index (χ3v) is 3.21. The minimum atomic E-state index is 0.685. The maximum Gasteiger partial charge on any atom is 0.213 e. The van der Waals surface area contributed by atoms with E-state index in [-0.39, 0.29) is 0 Å². The summed E-state index contributed by atoms with van der Waals surface area (Å²) in [5.74, 6) is 1.38. The van der Waals surface area contributed by atoms with Crippen molar-refractivity contribution in [3.8, 4) is 5.88 Å². The minimum Gasteiger partial charge on any atom is -0.481 e. The minimum absolute atomic E-state index is 0.685. The van der Waals surface area contributed by atoms with Crippen molar-refractivity contribution in [1.82, 2.24) is 9.88 Å². The van der Waals surface area contributed by atoms with E-state index in [1.807, 2.05) is 12.1 Å². The Morgan fingerprint density at radius 3 is 3.07 bits per heavy atom. The second kappa shape index (κ2) is 3.26. The van der Waals surface area contributed by atoms with Crippen LogP contribution in [0.25, 0.3) is 5.57 Å². The number of nitrogens with zero attached hydrogens (tertiary/aromatic N) is 2. The van der Waals surface area contributed by atoms with E-state index >= 15 is 0 Å². The van der Waals surface area contributed by atoms with E-state index < -0.39 is 0 Å². The Morgan fingerprint density at radius 2 is 2.40 bits per heavy atom. The zero-order valence-corrected chi connectivity index (χ0v) is 8.81. The first-order chi connectivity index (χ1) is 7.36. The highest BCUT2D eigenvalue weighted by atomic mass is 16.5. The van der Waals surface area contributed by atoms with Gasteiger partial charge in [0.1, 0.15) is 0 Å². The van der Waals surface area contributed by atoms with Crippen molar-refractivity contribution in [1.29, 1.82) is 0 Å². The van der Waals surface area contributed by atoms with Crippen LogP contribution in [0.3, 0.4) is 0 Å². The van der Waals surface area contributed by atoms with E-state index in [0.717, 1.165) is 5.69 Å². The molecule has 0 amide bonds. The third-order valence-electron chi connectivity index (χ3n) is 3.21. The molecular weight excluding hydrogens is 188 g/mol. The molecule has 0 radical (unpaired) electrons. The maximum atomic E-state index is 5.14. The molecule has 2 bridgehead atoms. The number of fused-ring (bicyclic) bond motifs is 2. The van der Waals surface area contributed by atoms with E-state index in [1.165, 1.54) is 25.1 Å². The molecule has 78 valence electrons. The summed E-state index contributed by atoms with van der Waals surface area (Å²) >= 11 is 0. The Bertz CT molecular complexity index is 414. The summed E-state index contributed by atoms with van der Waals surface area (Å²) < 4.78 is 5.14. The lowest BCUT2D eigenvalue weighted by molar-refractivity contribution is 0.397. The molecule has 3 heteroatoms. The van der Waals surface area contributed by atoms with E-state index in [9.17, 15) is 0 Å². The first-order valence-electron chi connectivity index (χ1n) is 5.34. The largest absolute Gasteiger partial charge is 0.481 e. The van der Waals surface area contributed by atoms with Gasteiger partial charge < -0.3 is 9.64 Å². The zero-order valence-electron chi connectivity index (χ0n) is 8.81. The lowest BCUT2D eigenvalue weighted by Crippen LogP contribution is -2.08. The fourth-order valence-electron chi connectivity index (χ4n) is 2.43. The van der Waals surface area contributed by atoms with Gasteiger partial charge >= 0.3 is 0 Å². The zero-order chi connectivity index (χ0) is 10.3. The monoisotopic (exact) mass is 202 g/mol. The molecule has 1 saturated heterocycles. The molecule has 0 aliphatic carbocycles. The van der Waals surface area contributed by atoms with Crippen LogP contribution in [0.15, 0.2) is 24.4 Å². The van der Waals surface area contributed by atoms with Crippen molar-refractivity contribution in [3.05, 3.63) is 30.1 Å². The molecule has 0 N–H and O–H groups in total. The van der Waals surface area contributed by atoms with Gasteiger partial charge in [0.25, 0.3) is 0 Å². The Labute approximate surface area is 89.4 Å². The summed E-state index contributed by atoms with van der Waals surface area (Å²) in [5.41, 5.74) is 2.45. The van der Waals surface area contributed by atoms with Crippen molar-refractivity contribution in [2.45, 2.75) is 6.42 Å². The molecule has 2 aliphatic heterocycles. The van der Waals surface area contributed by atoms with Crippen molar-refractivity contribution < 1.29 is 4.74 Å². The second-order valence-corrected chi connectivity index (χ2v) is 4.13. The van der Waals surface area contributed by atoms with Crippen LogP contribution in [-0.4, -0.2) is 30.1 Å². The Kier molecular flexibility index (Phi) is 1.91. The fourth-order valence-corrected chi connectivity index (χ4v) is 2.43. The summed E-state index contributed by atoms with van der Waals surface area (Å²) in [6.07, 6.45) is 3.51. The van der Waals surface area contributed by atoms with Crippen LogP contribution >= 0.6 is 0 Å². The number of hydrogen-bond donors (Lipinski definition) is 0. The first-order valence-corrected chi connectivity index (χ1v) is 5.34. The molecule has 3 heterocycles. The Hall–Kier alpha value is -1.51. The summed E-state index contributed by atoms with van der Waals surface area (Å²) in [4.78, 5) is 6.85. The first kappa shape index (κ1) is 8.77. The van der Waals surface area contributed by atoms with Crippen molar-refractivity contribution in [3.63, 3.8) is 0 Å². The number of methoxy groups -OCH3 is 1. The van der Waals surface area contributed by atoms with Crippen molar-refractivity contribution >= 4 is 5.57 Å². The smallest absolute Gasteiger partial charge is 0.213 e. The molecule has 1 atom stereocenters. The van der Waals surface area contributed by atoms with Crippen LogP contribution in [0.1, 0.15) is 12.1 Å². The molecule has 0 saturated carbocycles. The van der Waals surface area contributed by atoms with Crippen LogP contribution in [0, 0.1) is 5.92 Å². The van der Waals surface area contributed by atoms with Gasteiger partial charge in [0.15, 0.2) is 0 Å². The van der Waals surface area contributed by atoms with Gasteiger partial charge in [0, 0.05) is 31.3 Å². The molecule has 0 spiro atoms. The van der Waals surface area contributed by atoms with Gasteiger partial charge in [-0.25, -0.2) is 4.98 Å². The molecule has 15 heavy (non-hydrogen) atoms. The Morgan fingerprint density at radius 1 is 1.47 bits per heavy atom. The van der Waals surface area contributed by atoms with Gasteiger partial charge in [-0.1, -0.05) is 6.07 Å². The quantitative estimate of drug-likeness (QED) is 0.730. The predicted molar refractivity (Wildman–Crippen MR) is 58.4 cm³/mol. The molecule has 1 aromatic heterocycles. The van der Waals surface area contributed by atoms with Gasteiger partial charge in [-0.15, -0.1) is 0 Å². The molecule has 1 unspecified atom stereocenters. The van der Waals surface area contributed by atoms with Crippen LogP contribution in [0.5, 0.6) is 5.88 Å². The van der Waals surface area contributed by atoms with Gasteiger partial charge in [0.05, 0.1) is 12.8 Å². The summed E-state index contributed by atoms with van der Waals surface area (Å²) in [5, 5.41) is 0. The third kappa shape index (κ3) is 1.39. The van der Waals surface area contributed by atoms with Gasteiger partial charge in [-0.2, -0.15) is 0 Å². The summed E-state index contributed by atoms with van der Waals surface area (Å²) in [6, 6.07) is 5.96. The van der Waals surface area contributed by atoms with Gasteiger partial charge in [0.2, 0.25) is 5.88 Å². The van der Waals surface area contributed by atoms with E-state index in [4.69, 9.17) is 4.74 Å². The number of ether oxygens (including phenoxy) is 1. The molecule has 0 aromatic carbocycles.